The molecule has 0 aromatic heterocycles. The second kappa shape index (κ2) is 3.81. The van der Waals surface area contributed by atoms with Gasteiger partial charge >= 0.3 is 0 Å². The summed E-state index contributed by atoms with van der Waals surface area (Å²) in [5, 5.41) is 0. The monoisotopic (exact) mass is 171 g/mol. The number of nitrogens with zero attached hydrogens (tertiary/aromatic N) is 1. The van der Waals surface area contributed by atoms with Crippen LogP contribution in [-0.2, 0) is 0 Å². The van der Waals surface area contributed by atoms with Gasteiger partial charge in [-0.1, -0.05) is 0 Å². The van der Waals surface area contributed by atoms with E-state index < -0.39 is 0 Å². The van der Waals surface area contributed by atoms with E-state index in [9.17, 15) is 0 Å². The number of rotatable bonds is 2. The van der Waals surface area contributed by atoms with E-state index in [2.05, 4.69) is 16.7 Å². The van der Waals surface area contributed by atoms with E-state index in [-0.39, 0.29) is 0 Å². The van der Waals surface area contributed by atoms with Crippen LogP contribution < -0.4 is 0 Å². The third kappa shape index (κ3) is 2.12. The zero-order valence-electron chi connectivity index (χ0n) is 7.09. The molecule has 0 aromatic rings. The van der Waals surface area contributed by atoms with Gasteiger partial charge in [-0.3, -0.25) is 0 Å². The van der Waals surface area contributed by atoms with Crippen LogP contribution in [-0.4, -0.2) is 36.0 Å². The van der Waals surface area contributed by atoms with E-state index in [4.69, 9.17) is 0 Å². The number of hydrogen-bond acceptors (Lipinski definition) is 2. The van der Waals surface area contributed by atoms with Gasteiger partial charge in [-0.05, 0) is 49.8 Å². The average Bonchev–Trinajstić information content (AvgIpc) is 2.60. The minimum Gasteiger partial charge on any atom is -0.303 e. The van der Waals surface area contributed by atoms with Gasteiger partial charge in [-0.2, -0.15) is 11.8 Å². The quantitative estimate of drug-likeness (QED) is 0.623. The third-order valence-electron chi connectivity index (χ3n) is 2.74. The Bertz CT molecular complexity index is 101. The van der Waals surface area contributed by atoms with Crippen molar-refractivity contribution in [3.8, 4) is 0 Å². The molecule has 11 heavy (non-hydrogen) atoms. The van der Waals surface area contributed by atoms with Crippen LogP contribution in [0.15, 0.2) is 0 Å². The average molecular weight is 171 g/mol. The first-order valence-corrected chi connectivity index (χ1v) is 5.91. The van der Waals surface area contributed by atoms with Crippen LogP contribution in [0.25, 0.3) is 0 Å². The lowest BCUT2D eigenvalue weighted by atomic mass is 10.1. The van der Waals surface area contributed by atoms with Crippen LogP contribution in [0.2, 0.25) is 0 Å². The Morgan fingerprint density at radius 2 is 2.09 bits per heavy atom. The highest BCUT2D eigenvalue weighted by molar-refractivity contribution is 7.99. The summed E-state index contributed by atoms with van der Waals surface area (Å²) in [6, 6.07) is 0. The molecule has 0 N–H and O–H groups in total. The maximum atomic E-state index is 2.65. The zero-order chi connectivity index (χ0) is 7.52. The molecule has 2 saturated heterocycles. The van der Waals surface area contributed by atoms with Crippen LogP contribution in [0.3, 0.4) is 0 Å². The molecule has 2 heteroatoms. The second-order valence-electron chi connectivity index (χ2n) is 3.74. The molecule has 0 aromatic carbocycles. The molecule has 2 heterocycles. The molecule has 0 aliphatic carbocycles. The van der Waals surface area contributed by atoms with Gasteiger partial charge in [0.15, 0.2) is 0 Å². The van der Waals surface area contributed by atoms with Crippen molar-refractivity contribution < 1.29 is 0 Å². The summed E-state index contributed by atoms with van der Waals surface area (Å²) in [4.78, 5) is 2.65. The minimum atomic E-state index is 1.03. The molecular weight excluding hydrogens is 154 g/mol. The first kappa shape index (κ1) is 7.93. The lowest BCUT2D eigenvalue weighted by molar-refractivity contribution is 0.291. The summed E-state index contributed by atoms with van der Waals surface area (Å²) >= 11 is 2.14. The van der Waals surface area contributed by atoms with Gasteiger partial charge in [0.25, 0.3) is 0 Å². The van der Waals surface area contributed by atoms with E-state index in [0.717, 1.165) is 5.92 Å². The van der Waals surface area contributed by atoms with Gasteiger partial charge in [0.05, 0.1) is 0 Å². The van der Waals surface area contributed by atoms with Gasteiger partial charge in [-0.25, -0.2) is 0 Å². The Hall–Kier alpha value is 0.310. The van der Waals surface area contributed by atoms with E-state index in [1.165, 1.54) is 50.4 Å². The SMILES string of the molecule is C1CCN(CC2CCSC2)C1. The van der Waals surface area contributed by atoms with Crippen molar-refractivity contribution in [2.75, 3.05) is 31.1 Å². The third-order valence-corrected chi connectivity index (χ3v) is 3.97. The molecule has 0 amide bonds. The first-order valence-electron chi connectivity index (χ1n) is 4.75. The predicted octanol–water partition coefficient (Wildman–Crippen LogP) is 1.84. The summed E-state index contributed by atoms with van der Waals surface area (Å²) in [7, 11) is 0. The number of thioether (sulfide) groups is 1. The van der Waals surface area contributed by atoms with Crippen molar-refractivity contribution in [1.82, 2.24) is 4.90 Å². The van der Waals surface area contributed by atoms with Crippen LogP contribution in [0.5, 0.6) is 0 Å². The number of likely N-dealkylation sites (tertiary alicyclic amines) is 1. The molecule has 0 bridgehead atoms. The Balaban J connectivity index is 1.71. The predicted molar refractivity (Wildman–Crippen MR) is 51.1 cm³/mol. The molecule has 2 aliphatic rings. The van der Waals surface area contributed by atoms with Crippen LogP contribution in [0.4, 0.5) is 0 Å². The summed E-state index contributed by atoms with van der Waals surface area (Å²) in [5.41, 5.74) is 0. The summed E-state index contributed by atoms with van der Waals surface area (Å²) in [6.45, 7) is 4.15. The Morgan fingerprint density at radius 3 is 2.73 bits per heavy atom. The molecule has 0 radical (unpaired) electrons. The molecule has 1 nitrogen and oxygen atoms in total. The maximum absolute atomic E-state index is 2.65. The van der Waals surface area contributed by atoms with Crippen molar-refractivity contribution in [2.45, 2.75) is 19.3 Å². The molecule has 0 saturated carbocycles. The number of hydrogen-bond donors (Lipinski definition) is 0. The standard InChI is InChI=1S/C9H17NS/c1-2-5-10(4-1)7-9-3-6-11-8-9/h9H,1-8H2. The van der Waals surface area contributed by atoms with E-state index in [1.807, 2.05) is 0 Å². The molecule has 2 aliphatic heterocycles. The van der Waals surface area contributed by atoms with Crippen molar-refractivity contribution in [1.29, 1.82) is 0 Å². The van der Waals surface area contributed by atoms with Crippen LogP contribution >= 0.6 is 11.8 Å². The first-order chi connectivity index (χ1) is 5.45. The highest BCUT2D eigenvalue weighted by atomic mass is 32.2. The fourth-order valence-electron chi connectivity index (χ4n) is 2.06. The second-order valence-corrected chi connectivity index (χ2v) is 4.89. The minimum absolute atomic E-state index is 1.03. The highest BCUT2D eigenvalue weighted by Gasteiger charge is 2.20. The molecular formula is C9H17NS. The lowest BCUT2D eigenvalue weighted by Gasteiger charge is -2.18. The van der Waals surface area contributed by atoms with Gasteiger partial charge in [0.2, 0.25) is 0 Å². The highest BCUT2D eigenvalue weighted by Crippen LogP contribution is 2.25. The van der Waals surface area contributed by atoms with Gasteiger partial charge in [-0.15, -0.1) is 0 Å². The van der Waals surface area contributed by atoms with Crippen molar-refractivity contribution >= 4 is 11.8 Å². The maximum Gasteiger partial charge on any atom is 0.00178 e. The molecule has 1 unspecified atom stereocenters. The van der Waals surface area contributed by atoms with Crippen molar-refractivity contribution in [2.24, 2.45) is 5.92 Å². The fraction of sp³-hybridized carbons (Fsp3) is 1.00. The molecule has 0 spiro atoms. The van der Waals surface area contributed by atoms with Crippen molar-refractivity contribution in [3.05, 3.63) is 0 Å². The van der Waals surface area contributed by atoms with E-state index in [1.54, 1.807) is 0 Å². The largest absolute Gasteiger partial charge is 0.303 e. The van der Waals surface area contributed by atoms with Gasteiger partial charge in [0.1, 0.15) is 0 Å². The summed E-state index contributed by atoms with van der Waals surface area (Å²) < 4.78 is 0. The summed E-state index contributed by atoms with van der Waals surface area (Å²) in [5.74, 6) is 3.87. The molecule has 2 rings (SSSR count). The van der Waals surface area contributed by atoms with Crippen LogP contribution in [0, 0.1) is 5.92 Å². The Kier molecular flexibility index (Phi) is 2.75. The zero-order valence-corrected chi connectivity index (χ0v) is 7.91. The Morgan fingerprint density at radius 1 is 1.27 bits per heavy atom. The molecule has 1 atom stereocenters. The molecule has 64 valence electrons. The normalized spacial score (nSPS) is 33.3. The van der Waals surface area contributed by atoms with Gasteiger partial charge in [0, 0.05) is 6.54 Å². The van der Waals surface area contributed by atoms with Crippen LogP contribution in [0.1, 0.15) is 19.3 Å². The fourth-order valence-corrected chi connectivity index (χ4v) is 3.33. The van der Waals surface area contributed by atoms with Crippen molar-refractivity contribution in [3.63, 3.8) is 0 Å². The topological polar surface area (TPSA) is 3.24 Å². The summed E-state index contributed by atoms with van der Waals surface area (Å²) in [6.07, 6.45) is 4.36. The smallest absolute Gasteiger partial charge is 0.00178 e. The van der Waals surface area contributed by atoms with Gasteiger partial charge < -0.3 is 4.90 Å². The lowest BCUT2D eigenvalue weighted by Crippen LogP contribution is -2.26. The Labute approximate surface area is 73.5 Å². The van der Waals surface area contributed by atoms with E-state index >= 15 is 0 Å². The van der Waals surface area contributed by atoms with E-state index in [0.29, 0.717) is 0 Å². The molecule has 2 fully saturated rings.